The van der Waals surface area contributed by atoms with Crippen LogP contribution in [0.1, 0.15) is 0 Å². The molecule has 0 aliphatic carbocycles. The lowest BCUT2D eigenvalue weighted by Crippen LogP contribution is -1.92. The molecule has 0 aliphatic rings. The average molecular weight is 745 g/mol. The Hall–Kier alpha value is -7.74. The van der Waals surface area contributed by atoms with Gasteiger partial charge in [-0.15, -0.1) is 0 Å². The second kappa shape index (κ2) is 11.4. The molecule has 0 spiro atoms. The number of rotatable bonds is 2. The summed E-state index contributed by atoms with van der Waals surface area (Å²) in [4.78, 5) is 0. The molecular formula is C58H32O. The van der Waals surface area contributed by atoms with Crippen LogP contribution in [0.2, 0.25) is 0 Å². The van der Waals surface area contributed by atoms with Gasteiger partial charge in [0.15, 0.2) is 0 Å². The molecule has 0 atom stereocenters. The van der Waals surface area contributed by atoms with E-state index in [0.717, 1.165) is 16.6 Å². The van der Waals surface area contributed by atoms with E-state index in [1.165, 1.54) is 125 Å². The van der Waals surface area contributed by atoms with E-state index in [-0.39, 0.29) is 0 Å². The van der Waals surface area contributed by atoms with Crippen molar-refractivity contribution in [2.75, 3.05) is 0 Å². The van der Waals surface area contributed by atoms with Crippen LogP contribution in [0.25, 0.3) is 141 Å². The van der Waals surface area contributed by atoms with Gasteiger partial charge in [-0.2, -0.15) is 0 Å². The van der Waals surface area contributed by atoms with E-state index in [2.05, 4.69) is 194 Å². The smallest absolute Gasteiger partial charge is 0.136 e. The van der Waals surface area contributed by atoms with E-state index in [4.69, 9.17) is 4.42 Å². The molecule has 0 amide bonds. The van der Waals surface area contributed by atoms with Crippen molar-refractivity contribution in [3.8, 4) is 22.3 Å². The molecule has 0 fully saturated rings. The van der Waals surface area contributed by atoms with E-state index >= 15 is 0 Å². The van der Waals surface area contributed by atoms with Crippen LogP contribution in [0.3, 0.4) is 0 Å². The Morgan fingerprint density at radius 3 is 1.25 bits per heavy atom. The second-order valence-corrected chi connectivity index (χ2v) is 16.3. The highest BCUT2D eigenvalue weighted by Crippen LogP contribution is 2.49. The van der Waals surface area contributed by atoms with Gasteiger partial charge in [-0.3, -0.25) is 0 Å². The molecule has 270 valence electrons. The molecule has 1 aromatic heterocycles. The zero-order valence-electron chi connectivity index (χ0n) is 31.9. The molecule has 0 N–H and O–H groups in total. The van der Waals surface area contributed by atoms with Crippen molar-refractivity contribution < 1.29 is 4.42 Å². The summed E-state index contributed by atoms with van der Waals surface area (Å²) in [5.41, 5.74) is 6.75. The van der Waals surface area contributed by atoms with Crippen LogP contribution >= 0.6 is 0 Å². The lowest BCUT2D eigenvalue weighted by Gasteiger charge is -2.20. The zero-order chi connectivity index (χ0) is 38.3. The van der Waals surface area contributed by atoms with Gasteiger partial charge in [0.05, 0.1) is 0 Å². The average Bonchev–Trinajstić information content (AvgIpc) is 3.67. The molecule has 0 radical (unpaired) electrons. The topological polar surface area (TPSA) is 13.1 Å². The fraction of sp³-hybridized carbons (Fsp3) is 0. The lowest BCUT2D eigenvalue weighted by molar-refractivity contribution is 0.669. The molecule has 14 rings (SSSR count). The van der Waals surface area contributed by atoms with Crippen LogP contribution < -0.4 is 0 Å². The maximum Gasteiger partial charge on any atom is 0.136 e. The zero-order valence-corrected chi connectivity index (χ0v) is 31.9. The number of hydrogen-bond acceptors (Lipinski definition) is 1. The van der Waals surface area contributed by atoms with Crippen molar-refractivity contribution in [1.29, 1.82) is 0 Å². The highest BCUT2D eigenvalue weighted by molar-refractivity contribution is 6.37. The van der Waals surface area contributed by atoms with E-state index in [9.17, 15) is 0 Å². The fourth-order valence-corrected chi connectivity index (χ4v) is 10.9. The van der Waals surface area contributed by atoms with Gasteiger partial charge in [0.1, 0.15) is 11.2 Å². The minimum atomic E-state index is 0.909. The first-order chi connectivity index (χ1) is 29.3. The van der Waals surface area contributed by atoms with Gasteiger partial charge < -0.3 is 4.42 Å². The molecule has 14 aromatic rings. The SMILES string of the molecule is c1ccc2c(c1)ccc1oc3ccc(-c4c5ccccc5c(-c5cc6ccc7cccc8c9cccc%10ccc%11cccc(c(c5)c6c78)c%11c%109)c5ccccc45)cc3c12. The lowest BCUT2D eigenvalue weighted by atomic mass is 9.83. The summed E-state index contributed by atoms with van der Waals surface area (Å²) in [6.45, 7) is 0. The van der Waals surface area contributed by atoms with Gasteiger partial charge in [-0.05, 0) is 150 Å². The molecule has 0 aliphatic heterocycles. The summed E-state index contributed by atoms with van der Waals surface area (Å²) in [7, 11) is 0. The Morgan fingerprint density at radius 2 is 0.644 bits per heavy atom. The predicted molar refractivity (Wildman–Crippen MR) is 253 cm³/mol. The third kappa shape index (κ3) is 4.18. The van der Waals surface area contributed by atoms with Crippen molar-refractivity contribution in [1.82, 2.24) is 0 Å². The van der Waals surface area contributed by atoms with Crippen molar-refractivity contribution >= 4 is 119 Å². The number of hydrogen-bond donors (Lipinski definition) is 0. The van der Waals surface area contributed by atoms with Gasteiger partial charge in [-0.25, -0.2) is 0 Å². The first kappa shape index (κ1) is 31.4. The third-order valence-corrected chi connectivity index (χ3v) is 13.3. The molecular weight excluding hydrogens is 713 g/mol. The quantitative estimate of drug-likeness (QED) is 0.127. The number of benzene rings is 12. The molecule has 13 aromatic carbocycles. The Balaban J connectivity index is 1.13. The highest BCUT2D eigenvalue weighted by Gasteiger charge is 2.21. The summed E-state index contributed by atoms with van der Waals surface area (Å²) in [6, 6.07) is 72.4. The maximum absolute atomic E-state index is 6.47. The standard InChI is InChI=1S/C58H32O/c1-2-14-40-33(10-1)26-29-51-58(40)49-31-38(27-28-50(49)59-51)52-41-15-3-5-17-43(41)53(44-18-6-4-16-42(44)52)39-30-37-25-24-36-12-8-20-46-45-19-7-11-34-22-23-35-13-9-21-47(56(35)54(34)45)48(32-39)57(37)55(36)46/h1-32H. The molecule has 1 heteroatoms. The molecule has 0 saturated heterocycles. The summed E-state index contributed by atoms with van der Waals surface area (Å²) >= 11 is 0. The van der Waals surface area contributed by atoms with E-state index in [1.54, 1.807) is 0 Å². The van der Waals surface area contributed by atoms with Crippen LogP contribution in [0, 0.1) is 0 Å². The first-order valence-electron chi connectivity index (χ1n) is 20.5. The van der Waals surface area contributed by atoms with Gasteiger partial charge in [-0.1, -0.05) is 164 Å². The third-order valence-electron chi connectivity index (χ3n) is 13.3. The maximum atomic E-state index is 6.47. The van der Waals surface area contributed by atoms with E-state index in [1.807, 2.05) is 0 Å². The highest BCUT2D eigenvalue weighted by atomic mass is 16.3. The van der Waals surface area contributed by atoms with Crippen LogP contribution in [0.5, 0.6) is 0 Å². The molecule has 0 unspecified atom stereocenters. The molecule has 0 bridgehead atoms. The summed E-state index contributed by atoms with van der Waals surface area (Å²) in [5, 5.41) is 25.2. The minimum Gasteiger partial charge on any atom is -0.456 e. The van der Waals surface area contributed by atoms with Crippen molar-refractivity contribution in [3.05, 3.63) is 194 Å². The summed E-state index contributed by atoms with van der Waals surface area (Å²) in [5.74, 6) is 0. The van der Waals surface area contributed by atoms with Crippen LogP contribution in [0.4, 0.5) is 0 Å². The van der Waals surface area contributed by atoms with E-state index < -0.39 is 0 Å². The van der Waals surface area contributed by atoms with Gasteiger partial charge in [0.2, 0.25) is 0 Å². The van der Waals surface area contributed by atoms with Crippen LogP contribution in [-0.4, -0.2) is 0 Å². The van der Waals surface area contributed by atoms with Crippen molar-refractivity contribution in [2.24, 2.45) is 0 Å². The summed E-state index contributed by atoms with van der Waals surface area (Å²) < 4.78 is 6.47. The first-order valence-corrected chi connectivity index (χ1v) is 20.5. The minimum absolute atomic E-state index is 0.909. The van der Waals surface area contributed by atoms with Gasteiger partial charge in [0.25, 0.3) is 0 Å². The molecule has 0 saturated carbocycles. The van der Waals surface area contributed by atoms with Crippen LogP contribution in [0.15, 0.2) is 199 Å². The Bertz CT molecular complexity index is 4060. The van der Waals surface area contributed by atoms with Crippen molar-refractivity contribution in [2.45, 2.75) is 0 Å². The molecule has 1 heterocycles. The second-order valence-electron chi connectivity index (χ2n) is 16.3. The molecule has 1 nitrogen and oxygen atoms in total. The Kier molecular flexibility index (Phi) is 6.08. The predicted octanol–water partition coefficient (Wildman–Crippen LogP) is 16.7. The fourth-order valence-electron chi connectivity index (χ4n) is 10.9. The molecule has 59 heavy (non-hydrogen) atoms. The normalized spacial score (nSPS) is 12.4. The van der Waals surface area contributed by atoms with Gasteiger partial charge in [0, 0.05) is 10.8 Å². The van der Waals surface area contributed by atoms with Gasteiger partial charge >= 0.3 is 0 Å². The largest absolute Gasteiger partial charge is 0.456 e. The number of furan rings is 1. The van der Waals surface area contributed by atoms with Crippen LogP contribution in [-0.2, 0) is 0 Å². The van der Waals surface area contributed by atoms with E-state index in [0.29, 0.717) is 0 Å². The Morgan fingerprint density at radius 1 is 0.220 bits per heavy atom. The van der Waals surface area contributed by atoms with Crippen molar-refractivity contribution in [3.63, 3.8) is 0 Å². The number of fused-ring (bicyclic) bond motifs is 9. The monoisotopic (exact) mass is 744 g/mol. The summed E-state index contributed by atoms with van der Waals surface area (Å²) in [6.07, 6.45) is 0. The Labute approximate surface area is 338 Å².